The molecule has 2 saturated heterocycles. The first-order valence-electron chi connectivity index (χ1n) is 5.91. The van der Waals surface area contributed by atoms with Crippen molar-refractivity contribution in [2.75, 3.05) is 6.54 Å². The fourth-order valence-corrected chi connectivity index (χ4v) is 3.01. The van der Waals surface area contributed by atoms with Gasteiger partial charge >= 0.3 is 0 Å². The minimum Gasteiger partial charge on any atom is -0.311 e. The van der Waals surface area contributed by atoms with Gasteiger partial charge in [0.25, 0.3) is 0 Å². The van der Waals surface area contributed by atoms with Crippen LogP contribution in [0.25, 0.3) is 0 Å². The molecule has 2 aliphatic heterocycles. The molecular weight excluding hydrogens is 172 g/mol. The highest BCUT2D eigenvalue weighted by atomic mass is 15.1. The highest BCUT2D eigenvalue weighted by molar-refractivity contribution is 5.00. The monoisotopic (exact) mass is 196 g/mol. The largest absolute Gasteiger partial charge is 0.311 e. The Morgan fingerprint density at radius 3 is 2.21 bits per heavy atom. The summed E-state index contributed by atoms with van der Waals surface area (Å²) >= 11 is 0. The summed E-state index contributed by atoms with van der Waals surface area (Å²) in [7, 11) is 0. The van der Waals surface area contributed by atoms with Crippen molar-refractivity contribution < 1.29 is 0 Å². The van der Waals surface area contributed by atoms with Crippen molar-refractivity contribution >= 4 is 0 Å². The second-order valence-corrected chi connectivity index (χ2v) is 6.40. The Bertz CT molecular complexity index is 196. The normalized spacial score (nSPS) is 40.3. The first-order chi connectivity index (χ1) is 6.38. The van der Waals surface area contributed by atoms with E-state index in [1.165, 1.54) is 25.8 Å². The van der Waals surface area contributed by atoms with Crippen LogP contribution < -0.4 is 10.6 Å². The van der Waals surface area contributed by atoms with E-state index in [1.54, 1.807) is 0 Å². The molecule has 0 radical (unpaired) electrons. The second kappa shape index (κ2) is 3.21. The number of rotatable bonds is 1. The lowest BCUT2D eigenvalue weighted by atomic mass is 9.91. The third-order valence-electron chi connectivity index (χ3n) is 3.84. The van der Waals surface area contributed by atoms with Gasteiger partial charge in [-0.15, -0.1) is 0 Å². The zero-order valence-corrected chi connectivity index (χ0v) is 9.98. The van der Waals surface area contributed by atoms with E-state index in [1.807, 2.05) is 0 Å². The highest BCUT2D eigenvalue weighted by Crippen LogP contribution is 2.33. The van der Waals surface area contributed by atoms with Crippen LogP contribution in [0.3, 0.4) is 0 Å². The van der Waals surface area contributed by atoms with Gasteiger partial charge in [-0.05, 0) is 52.9 Å². The lowest BCUT2D eigenvalue weighted by molar-refractivity contribution is 0.347. The summed E-state index contributed by atoms with van der Waals surface area (Å²) < 4.78 is 0. The molecular formula is C12H24N2. The molecule has 2 nitrogen and oxygen atoms in total. The van der Waals surface area contributed by atoms with Gasteiger partial charge in [-0.3, -0.25) is 0 Å². The van der Waals surface area contributed by atoms with Gasteiger partial charge in [0.15, 0.2) is 0 Å². The fraction of sp³-hybridized carbons (Fsp3) is 1.00. The molecule has 0 saturated carbocycles. The number of nitrogens with one attached hydrogen (secondary N) is 2. The van der Waals surface area contributed by atoms with Gasteiger partial charge in [0, 0.05) is 23.7 Å². The number of hydrogen-bond acceptors (Lipinski definition) is 2. The van der Waals surface area contributed by atoms with Crippen LogP contribution in [0, 0.1) is 5.92 Å². The van der Waals surface area contributed by atoms with Crippen LogP contribution in [-0.4, -0.2) is 23.7 Å². The lowest BCUT2D eigenvalue weighted by Gasteiger charge is -2.24. The molecule has 0 aromatic heterocycles. The Morgan fingerprint density at radius 1 is 1.07 bits per heavy atom. The third kappa shape index (κ3) is 2.12. The Kier molecular flexibility index (Phi) is 2.39. The average molecular weight is 196 g/mol. The van der Waals surface area contributed by atoms with Crippen LogP contribution in [-0.2, 0) is 0 Å². The zero-order chi connectivity index (χ0) is 10.4. The summed E-state index contributed by atoms with van der Waals surface area (Å²) in [4.78, 5) is 0. The van der Waals surface area contributed by atoms with E-state index in [0.717, 1.165) is 12.0 Å². The zero-order valence-electron chi connectivity index (χ0n) is 9.98. The Labute approximate surface area is 87.8 Å². The number of hydrogen-bond donors (Lipinski definition) is 2. The molecule has 2 heterocycles. The van der Waals surface area contributed by atoms with Crippen LogP contribution in [0.4, 0.5) is 0 Å². The minimum absolute atomic E-state index is 0.360. The molecule has 0 aliphatic carbocycles. The summed E-state index contributed by atoms with van der Waals surface area (Å²) in [6.07, 6.45) is 4.00. The first kappa shape index (κ1) is 10.4. The highest BCUT2D eigenvalue weighted by Gasteiger charge is 2.40. The fourth-order valence-electron chi connectivity index (χ4n) is 3.01. The van der Waals surface area contributed by atoms with E-state index >= 15 is 0 Å². The van der Waals surface area contributed by atoms with Crippen molar-refractivity contribution in [2.45, 2.75) is 64.1 Å². The molecule has 0 aromatic carbocycles. The van der Waals surface area contributed by atoms with E-state index in [2.05, 4.69) is 38.3 Å². The van der Waals surface area contributed by atoms with Crippen LogP contribution in [0.1, 0.15) is 47.0 Å². The average Bonchev–Trinajstić information content (AvgIpc) is 2.54. The van der Waals surface area contributed by atoms with Gasteiger partial charge in [-0.25, -0.2) is 0 Å². The van der Waals surface area contributed by atoms with Gasteiger partial charge in [0.1, 0.15) is 0 Å². The van der Waals surface area contributed by atoms with E-state index in [0.29, 0.717) is 11.1 Å². The molecule has 2 N–H and O–H groups in total. The maximum absolute atomic E-state index is 3.77. The van der Waals surface area contributed by atoms with E-state index in [4.69, 9.17) is 0 Å². The molecule has 2 aliphatic rings. The predicted molar refractivity (Wildman–Crippen MR) is 60.4 cm³/mol. The Morgan fingerprint density at radius 2 is 1.79 bits per heavy atom. The smallest absolute Gasteiger partial charge is 0.0128 e. The second-order valence-electron chi connectivity index (χ2n) is 6.40. The maximum Gasteiger partial charge on any atom is 0.0128 e. The van der Waals surface area contributed by atoms with Crippen LogP contribution in [0.2, 0.25) is 0 Å². The van der Waals surface area contributed by atoms with Crippen molar-refractivity contribution in [3.63, 3.8) is 0 Å². The van der Waals surface area contributed by atoms with Crippen molar-refractivity contribution in [1.82, 2.24) is 10.6 Å². The summed E-state index contributed by atoms with van der Waals surface area (Å²) in [5.41, 5.74) is 0.733. The third-order valence-corrected chi connectivity index (χ3v) is 3.84. The van der Waals surface area contributed by atoms with E-state index < -0.39 is 0 Å². The molecule has 2 fully saturated rings. The molecule has 2 unspecified atom stereocenters. The molecule has 0 bridgehead atoms. The molecule has 2 atom stereocenters. The first-order valence-corrected chi connectivity index (χ1v) is 5.91. The molecule has 2 rings (SSSR count). The van der Waals surface area contributed by atoms with Gasteiger partial charge in [0.05, 0.1) is 0 Å². The van der Waals surface area contributed by atoms with E-state index in [-0.39, 0.29) is 0 Å². The molecule has 0 amide bonds. The predicted octanol–water partition coefficient (Wildman–Crippen LogP) is 1.91. The summed E-state index contributed by atoms with van der Waals surface area (Å²) in [6, 6.07) is 0.749. The summed E-state index contributed by atoms with van der Waals surface area (Å²) in [6.45, 7) is 10.5. The molecule has 0 aromatic rings. The lowest BCUT2D eigenvalue weighted by Crippen LogP contribution is -2.41. The Hall–Kier alpha value is -0.0800. The van der Waals surface area contributed by atoms with Crippen molar-refractivity contribution in [1.29, 1.82) is 0 Å². The van der Waals surface area contributed by atoms with Gasteiger partial charge < -0.3 is 10.6 Å². The van der Waals surface area contributed by atoms with Crippen molar-refractivity contribution in [3.05, 3.63) is 0 Å². The summed E-state index contributed by atoms with van der Waals surface area (Å²) in [5, 5.41) is 7.38. The van der Waals surface area contributed by atoms with E-state index in [9.17, 15) is 0 Å². The Balaban J connectivity index is 1.93. The quantitative estimate of drug-likeness (QED) is 0.669. The van der Waals surface area contributed by atoms with Gasteiger partial charge in [-0.1, -0.05) is 0 Å². The van der Waals surface area contributed by atoms with Crippen molar-refractivity contribution in [3.8, 4) is 0 Å². The van der Waals surface area contributed by atoms with Crippen molar-refractivity contribution in [2.24, 2.45) is 5.92 Å². The van der Waals surface area contributed by atoms with Crippen LogP contribution in [0.15, 0.2) is 0 Å². The molecule has 82 valence electrons. The van der Waals surface area contributed by atoms with Gasteiger partial charge in [0.2, 0.25) is 0 Å². The molecule has 2 heteroatoms. The maximum atomic E-state index is 3.77. The standard InChI is InChI=1S/C12H24N2/c1-11(2)6-5-10(14-11)9-7-12(3,4)13-8-9/h9-10,13-14H,5-8H2,1-4H3. The minimum atomic E-state index is 0.360. The van der Waals surface area contributed by atoms with Crippen LogP contribution >= 0.6 is 0 Å². The SMILES string of the molecule is CC1(C)CC(C2CCC(C)(C)N2)CN1. The topological polar surface area (TPSA) is 24.1 Å². The van der Waals surface area contributed by atoms with Crippen LogP contribution in [0.5, 0.6) is 0 Å². The molecule has 14 heavy (non-hydrogen) atoms. The van der Waals surface area contributed by atoms with Gasteiger partial charge in [-0.2, -0.15) is 0 Å². The molecule has 0 spiro atoms. The summed E-state index contributed by atoms with van der Waals surface area (Å²) in [5.74, 6) is 0.840.